The van der Waals surface area contributed by atoms with Crippen LogP contribution in [0.15, 0.2) is 6.07 Å². The van der Waals surface area contributed by atoms with Crippen molar-refractivity contribution in [2.24, 2.45) is 17.3 Å². The van der Waals surface area contributed by atoms with Crippen LogP contribution in [0.25, 0.3) is 0 Å². The number of thiophene rings is 1. The molecule has 3 atom stereocenters. The van der Waals surface area contributed by atoms with Gasteiger partial charge in [-0.3, -0.25) is 0 Å². The molecule has 0 aromatic carbocycles. The molecule has 2 heteroatoms. The van der Waals surface area contributed by atoms with Crippen molar-refractivity contribution in [2.75, 3.05) is 0 Å². The van der Waals surface area contributed by atoms with E-state index in [1.807, 2.05) is 11.3 Å². The fourth-order valence-electron chi connectivity index (χ4n) is 3.33. The lowest BCUT2D eigenvalue weighted by atomic mass is 9.63. The summed E-state index contributed by atoms with van der Waals surface area (Å²) in [6, 6.07) is 3.03. The van der Waals surface area contributed by atoms with Crippen LogP contribution in [0.1, 0.15) is 55.9 Å². The minimum Gasteiger partial charge on any atom is -0.309 e. The van der Waals surface area contributed by atoms with Crippen molar-refractivity contribution in [3.63, 3.8) is 0 Å². The molecule has 1 aliphatic carbocycles. The summed E-state index contributed by atoms with van der Waals surface area (Å²) in [5.74, 6) is 1.57. The third-order valence-electron chi connectivity index (χ3n) is 5.51. The molecule has 19 heavy (non-hydrogen) atoms. The van der Waals surface area contributed by atoms with Crippen LogP contribution in [-0.4, -0.2) is 6.04 Å². The highest BCUT2D eigenvalue weighted by atomic mass is 32.1. The Labute approximate surface area is 122 Å². The summed E-state index contributed by atoms with van der Waals surface area (Å²) in [4.78, 5) is 2.95. The van der Waals surface area contributed by atoms with Gasteiger partial charge in [-0.1, -0.05) is 27.7 Å². The zero-order chi connectivity index (χ0) is 14.2. The summed E-state index contributed by atoms with van der Waals surface area (Å²) in [5, 5.41) is 3.81. The largest absolute Gasteiger partial charge is 0.309 e. The van der Waals surface area contributed by atoms with Gasteiger partial charge in [-0.05, 0) is 55.6 Å². The van der Waals surface area contributed by atoms with Crippen LogP contribution in [0.4, 0.5) is 0 Å². The van der Waals surface area contributed by atoms with Crippen molar-refractivity contribution >= 4 is 11.3 Å². The maximum absolute atomic E-state index is 3.81. The highest BCUT2D eigenvalue weighted by Gasteiger charge is 2.38. The van der Waals surface area contributed by atoms with E-state index >= 15 is 0 Å². The normalized spacial score (nSPS) is 30.5. The Hall–Kier alpha value is -0.340. The summed E-state index contributed by atoms with van der Waals surface area (Å²) >= 11 is 1.94. The molecule has 1 aliphatic rings. The lowest BCUT2D eigenvalue weighted by Crippen LogP contribution is -2.46. The van der Waals surface area contributed by atoms with E-state index < -0.39 is 0 Å². The molecular weight excluding hydrogens is 250 g/mol. The molecule has 0 radical (unpaired) electrons. The SMILES string of the molecule is Cc1cc(CN[C@@H]2CCC(C)(C)C(C)[C@H]2C)sc1C. The molecule has 1 nitrogen and oxygen atoms in total. The first-order chi connectivity index (χ1) is 8.81. The van der Waals surface area contributed by atoms with Gasteiger partial charge in [0.1, 0.15) is 0 Å². The molecule has 0 amide bonds. The molecule has 108 valence electrons. The van der Waals surface area contributed by atoms with Gasteiger partial charge < -0.3 is 5.32 Å². The van der Waals surface area contributed by atoms with E-state index in [1.165, 1.54) is 28.2 Å². The van der Waals surface area contributed by atoms with E-state index in [9.17, 15) is 0 Å². The Balaban J connectivity index is 1.93. The van der Waals surface area contributed by atoms with Gasteiger partial charge in [-0.15, -0.1) is 11.3 Å². The Morgan fingerprint density at radius 2 is 2.00 bits per heavy atom. The molecule has 1 N–H and O–H groups in total. The van der Waals surface area contributed by atoms with Gasteiger partial charge in [0.25, 0.3) is 0 Å². The molecule has 1 aromatic heterocycles. The van der Waals surface area contributed by atoms with Crippen LogP contribution in [0.3, 0.4) is 0 Å². The van der Waals surface area contributed by atoms with Crippen LogP contribution in [0.2, 0.25) is 0 Å². The molecule has 0 aliphatic heterocycles. The average molecular weight is 279 g/mol. The van der Waals surface area contributed by atoms with Gasteiger partial charge >= 0.3 is 0 Å². The van der Waals surface area contributed by atoms with Gasteiger partial charge in [-0.2, -0.15) is 0 Å². The summed E-state index contributed by atoms with van der Waals surface area (Å²) in [5.41, 5.74) is 1.95. The lowest BCUT2D eigenvalue weighted by molar-refractivity contribution is 0.0685. The maximum Gasteiger partial charge on any atom is 0.0302 e. The smallest absolute Gasteiger partial charge is 0.0302 e. The van der Waals surface area contributed by atoms with Crippen LogP contribution >= 0.6 is 11.3 Å². The number of hydrogen-bond acceptors (Lipinski definition) is 2. The predicted octanol–water partition coefficient (Wildman–Crippen LogP) is 4.92. The second kappa shape index (κ2) is 5.57. The van der Waals surface area contributed by atoms with Gasteiger partial charge in [-0.25, -0.2) is 0 Å². The minimum absolute atomic E-state index is 0.508. The van der Waals surface area contributed by atoms with Gasteiger partial charge in [0, 0.05) is 22.3 Å². The first-order valence-electron chi connectivity index (χ1n) is 7.60. The topological polar surface area (TPSA) is 12.0 Å². The van der Waals surface area contributed by atoms with Crippen molar-refractivity contribution in [2.45, 2.75) is 67.0 Å². The van der Waals surface area contributed by atoms with E-state index in [0.29, 0.717) is 11.5 Å². The van der Waals surface area contributed by atoms with Gasteiger partial charge in [0.05, 0.1) is 0 Å². The molecule has 1 heterocycles. The number of aryl methyl sites for hydroxylation is 2. The number of rotatable bonds is 3. The predicted molar refractivity (Wildman–Crippen MR) is 85.8 cm³/mol. The van der Waals surface area contributed by atoms with Crippen LogP contribution in [0, 0.1) is 31.1 Å². The first kappa shape index (κ1) is 15.1. The number of hydrogen-bond donors (Lipinski definition) is 1. The Bertz CT molecular complexity index is 413. The van der Waals surface area contributed by atoms with E-state index in [4.69, 9.17) is 0 Å². The molecule has 1 unspecified atom stereocenters. The molecule has 1 saturated carbocycles. The van der Waals surface area contributed by atoms with E-state index in [1.54, 1.807) is 0 Å². The third kappa shape index (κ3) is 3.22. The van der Waals surface area contributed by atoms with Gasteiger partial charge in [0.2, 0.25) is 0 Å². The first-order valence-corrected chi connectivity index (χ1v) is 8.42. The van der Waals surface area contributed by atoms with Crippen LogP contribution in [0.5, 0.6) is 0 Å². The summed E-state index contributed by atoms with van der Waals surface area (Å²) in [7, 11) is 0. The monoisotopic (exact) mass is 279 g/mol. The maximum atomic E-state index is 3.81. The van der Waals surface area contributed by atoms with Crippen molar-refractivity contribution in [1.29, 1.82) is 0 Å². The third-order valence-corrected chi connectivity index (χ3v) is 6.66. The summed E-state index contributed by atoms with van der Waals surface area (Å²) < 4.78 is 0. The standard InChI is InChI=1S/C17H29NS/c1-11-9-15(19-14(11)4)10-18-16-7-8-17(5,6)13(3)12(16)2/h9,12-13,16,18H,7-8,10H2,1-6H3/t12-,13?,16-/m1/s1. The fraction of sp³-hybridized carbons (Fsp3) is 0.765. The number of nitrogens with one attached hydrogen (secondary N) is 1. The second-order valence-corrected chi connectivity index (χ2v) is 8.46. The molecule has 1 aromatic rings. The molecular formula is C17H29NS. The van der Waals surface area contributed by atoms with E-state index in [2.05, 4.69) is 52.9 Å². The van der Waals surface area contributed by atoms with Crippen LogP contribution in [-0.2, 0) is 6.54 Å². The van der Waals surface area contributed by atoms with Gasteiger partial charge in [0.15, 0.2) is 0 Å². The van der Waals surface area contributed by atoms with E-state index in [-0.39, 0.29) is 0 Å². The molecule has 0 bridgehead atoms. The van der Waals surface area contributed by atoms with Crippen molar-refractivity contribution < 1.29 is 0 Å². The van der Waals surface area contributed by atoms with Crippen molar-refractivity contribution in [3.05, 3.63) is 21.4 Å². The van der Waals surface area contributed by atoms with Crippen molar-refractivity contribution in [1.82, 2.24) is 5.32 Å². The summed E-state index contributed by atoms with van der Waals surface area (Å²) in [6.45, 7) is 15.2. The van der Waals surface area contributed by atoms with Crippen molar-refractivity contribution in [3.8, 4) is 0 Å². The Kier molecular flexibility index (Phi) is 4.42. The van der Waals surface area contributed by atoms with Crippen LogP contribution < -0.4 is 5.32 Å². The molecule has 1 fully saturated rings. The highest BCUT2D eigenvalue weighted by molar-refractivity contribution is 7.12. The fourth-order valence-corrected chi connectivity index (χ4v) is 4.34. The minimum atomic E-state index is 0.508. The van der Waals surface area contributed by atoms with E-state index in [0.717, 1.165) is 18.4 Å². The highest BCUT2D eigenvalue weighted by Crippen LogP contribution is 2.43. The molecule has 2 rings (SSSR count). The quantitative estimate of drug-likeness (QED) is 0.828. The zero-order valence-corrected chi connectivity index (χ0v) is 14.2. The summed E-state index contributed by atoms with van der Waals surface area (Å²) in [6.07, 6.45) is 2.67. The Morgan fingerprint density at radius 1 is 1.32 bits per heavy atom. The molecule has 0 spiro atoms. The molecule has 0 saturated heterocycles. The average Bonchev–Trinajstić information content (AvgIpc) is 2.65. The second-order valence-electron chi connectivity index (χ2n) is 7.11. The lowest BCUT2D eigenvalue weighted by Gasteiger charge is -2.45. The zero-order valence-electron chi connectivity index (χ0n) is 13.3. The Morgan fingerprint density at radius 3 is 2.58 bits per heavy atom.